The summed E-state index contributed by atoms with van der Waals surface area (Å²) in [4.78, 5) is 16.1. The number of thiophene rings is 1. The Bertz CT molecular complexity index is 3590. The van der Waals surface area contributed by atoms with Gasteiger partial charge < -0.3 is 8.98 Å². The van der Waals surface area contributed by atoms with Crippen LogP contribution in [-0.2, 0) is 20.1 Å². The van der Waals surface area contributed by atoms with Crippen molar-refractivity contribution in [3.05, 3.63) is 162 Å². The van der Waals surface area contributed by atoms with E-state index in [0.717, 1.165) is 81.9 Å². The second kappa shape index (κ2) is 17.2. The van der Waals surface area contributed by atoms with Crippen molar-refractivity contribution >= 4 is 93.0 Å². The number of nitrogens with zero attached hydrogens (tertiary/aromatic N) is 4. The molecule has 5 nitrogen and oxygen atoms in total. The second-order valence-electron chi connectivity index (χ2n) is 18.2. The molecule has 11 rings (SSSR count). The molecule has 0 saturated carbocycles. The van der Waals surface area contributed by atoms with E-state index < -0.39 is 20.1 Å². The molecule has 0 fully saturated rings. The van der Waals surface area contributed by atoms with Crippen LogP contribution < -0.4 is 4.40 Å². The van der Waals surface area contributed by atoms with Crippen LogP contribution in [0.4, 0.5) is 0 Å². The number of rotatable bonds is 6. The van der Waals surface area contributed by atoms with E-state index in [2.05, 4.69) is 171 Å². The largest absolute Gasteiger partial charge is 0 e. The first-order valence-electron chi connectivity index (χ1n) is 23.1. The molecule has 321 valence electrons. The van der Waals surface area contributed by atoms with Crippen molar-refractivity contribution in [2.75, 3.05) is 0 Å². The van der Waals surface area contributed by atoms with Crippen molar-refractivity contribution in [1.82, 2.24) is 19.5 Å². The Balaban J connectivity index is 0.000000226. The molecule has 1 radical (unpaired) electrons. The number of fused-ring (bicyclic) bond motifs is 9. The van der Waals surface area contributed by atoms with Crippen LogP contribution in [0.5, 0.6) is 0 Å². The number of aromatic nitrogens is 4. The Hall–Kier alpha value is -5.44. The van der Waals surface area contributed by atoms with Gasteiger partial charge in [0.15, 0.2) is 0 Å². The van der Waals surface area contributed by atoms with Crippen LogP contribution in [0.15, 0.2) is 132 Å². The standard InChI is InChI=1S/C41H32N3OS.C15H18GeN.Ir/c1-22(2)26-11-15-29-30-16-13-27(21-36(30)45-35(29)20-26)44-34-19-12-25-8-6-7-9-28(25)38(34)43-40(44)32-14-10-24(5)37-31-17-18-33(23(3)4)42-41(31)46-39(32)37;1-12-5-7-13(8-6-12)15-10-9-14(11-17-15)16(2,3)4;/h6-13,15-23H,1-5H3;5-7,9-11H,1-4H3;/q2*-1;/i;1D3;. The molecule has 0 aliphatic heterocycles. The zero-order chi connectivity index (χ0) is 46.2. The van der Waals surface area contributed by atoms with Crippen molar-refractivity contribution in [1.29, 1.82) is 0 Å². The molecule has 0 amide bonds. The maximum atomic E-state index is 7.35. The van der Waals surface area contributed by atoms with Crippen molar-refractivity contribution in [2.45, 2.75) is 70.6 Å². The third-order valence-corrected chi connectivity index (χ3v) is 17.5. The number of pyridine rings is 2. The number of hydrogen-bond donors (Lipinski definition) is 0. The van der Waals surface area contributed by atoms with Gasteiger partial charge >= 0.3 is 110 Å². The Morgan fingerprint density at radius 3 is 2.25 bits per heavy atom. The van der Waals surface area contributed by atoms with Crippen molar-refractivity contribution < 1.29 is 28.6 Å². The zero-order valence-electron chi connectivity index (χ0n) is 40.2. The van der Waals surface area contributed by atoms with Gasteiger partial charge in [0, 0.05) is 59.1 Å². The summed E-state index contributed by atoms with van der Waals surface area (Å²) in [5.41, 5.74) is 11.4. The van der Waals surface area contributed by atoms with E-state index in [1.54, 1.807) is 23.5 Å². The molecule has 5 heterocycles. The van der Waals surface area contributed by atoms with Gasteiger partial charge in [-0.2, -0.15) is 11.3 Å². The van der Waals surface area contributed by atoms with Crippen molar-refractivity contribution in [3.8, 4) is 28.3 Å². The van der Waals surface area contributed by atoms with Gasteiger partial charge in [-0.15, -0.1) is 17.7 Å². The van der Waals surface area contributed by atoms with Gasteiger partial charge in [0.1, 0.15) is 16.0 Å². The van der Waals surface area contributed by atoms with Gasteiger partial charge in [0.05, 0.1) is 16.9 Å². The third kappa shape index (κ3) is 7.91. The molecule has 0 N–H and O–H groups in total. The minimum absolute atomic E-state index is 0. The molecule has 64 heavy (non-hydrogen) atoms. The number of hydrogen-bond acceptors (Lipinski definition) is 5. The van der Waals surface area contributed by atoms with E-state index in [1.165, 1.54) is 37.7 Å². The molecule has 0 saturated heterocycles. The normalized spacial score (nSPS) is 12.9. The monoisotopic (exact) mass is 1100 g/mol. The molecule has 6 aromatic carbocycles. The quantitative estimate of drug-likeness (QED) is 0.123. The summed E-state index contributed by atoms with van der Waals surface area (Å²) in [5, 5.41) is 6.98. The maximum Gasteiger partial charge on any atom is 0 e. The first-order valence-corrected chi connectivity index (χ1v) is 29.8. The van der Waals surface area contributed by atoms with Crippen LogP contribution in [0.1, 0.15) is 66.0 Å². The Morgan fingerprint density at radius 2 is 1.53 bits per heavy atom. The van der Waals surface area contributed by atoms with Crippen LogP contribution >= 0.6 is 11.3 Å². The van der Waals surface area contributed by atoms with Gasteiger partial charge in [-0.1, -0.05) is 94.1 Å². The smallest absolute Gasteiger partial charge is 0 e. The average molecular weight is 1090 g/mol. The molecule has 0 atom stereocenters. The third-order valence-electron chi connectivity index (χ3n) is 12.1. The summed E-state index contributed by atoms with van der Waals surface area (Å²) in [6.07, 6.45) is 1.95. The summed E-state index contributed by atoms with van der Waals surface area (Å²) in [6, 6.07) is 48.2. The molecule has 0 spiro atoms. The fraction of sp³-hybridized carbons (Fsp3) is 0.196. The van der Waals surface area contributed by atoms with E-state index in [9.17, 15) is 0 Å². The molecule has 5 aromatic heterocycles. The summed E-state index contributed by atoms with van der Waals surface area (Å²) < 4.78 is 33.4. The van der Waals surface area contributed by atoms with Crippen molar-refractivity contribution in [2.24, 2.45) is 0 Å². The van der Waals surface area contributed by atoms with E-state index in [0.29, 0.717) is 17.4 Å². The Morgan fingerprint density at radius 1 is 0.750 bits per heavy atom. The molecule has 0 aliphatic carbocycles. The first-order chi connectivity index (χ1) is 31.5. The minimum atomic E-state index is -2.08. The fourth-order valence-electron chi connectivity index (χ4n) is 8.47. The summed E-state index contributed by atoms with van der Waals surface area (Å²) in [7, 11) is 0. The van der Waals surface area contributed by atoms with Crippen LogP contribution in [0.25, 0.3) is 92.4 Å². The SMILES string of the molecule is Cc1c[c-]c(-c2nc3c4ccccc4ccc3n2-c2ccc3c(c2)oc2cc(C(C)C)ccc23)c2sc3nc(C(C)C)ccc3c12.[2H]C([2H])([2H])c1c[c-]c(-c2cc[c]([Ge]([CH3])([CH3])[CH3])cn2)cc1.[Ir]. The number of benzene rings is 6. The number of furan rings is 1. The minimum Gasteiger partial charge on any atom is 0 e. The summed E-state index contributed by atoms with van der Waals surface area (Å²) in [5.74, 6) is 8.65. The fourth-order valence-corrected chi connectivity index (χ4v) is 11.9. The van der Waals surface area contributed by atoms with Gasteiger partial charge in [0.25, 0.3) is 0 Å². The molecule has 0 unspecified atom stereocenters. The predicted molar refractivity (Wildman–Crippen MR) is 270 cm³/mol. The van der Waals surface area contributed by atoms with Gasteiger partial charge in [-0.05, 0) is 57.8 Å². The van der Waals surface area contributed by atoms with Crippen LogP contribution in [0, 0.1) is 25.9 Å². The van der Waals surface area contributed by atoms with E-state index in [1.807, 2.05) is 12.3 Å². The Labute approximate surface area is 399 Å². The number of aryl methyl sites for hydroxylation is 2. The summed E-state index contributed by atoms with van der Waals surface area (Å²) >= 11 is -0.0897. The summed E-state index contributed by atoms with van der Waals surface area (Å²) in [6.45, 7) is 8.91. The van der Waals surface area contributed by atoms with Crippen molar-refractivity contribution in [3.63, 3.8) is 0 Å². The molecule has 11 aromatic rings. The van der Waals surface area contributed by atoms with Gasteiger partial charge in [-0.3, -0.25) is 4.98 Å². The molecular weight excluding hydrogens is 1040 g/mol. The number of imidazole rings is 1. The van der Waals surface area contributed by atoms with E-state index >= 15 is 0 Å². The van der Waals surface area contributed by atoms with E-state index in [-0.39, 0.29) is 20.1 Å². The predicted octanol–water partition coefficient (Wildman–Crippen LogP) is 15.3. The first kappa shape index (κ1) is 40.1. The second-order valence-corrected chi connectivity index (χ2v) is 29.8. The van der Waals surface area contributed by atoms with E-state index in [4.69, 9.17) is 18.5 Å². The van der Waals surface area contributed by atoms with Crippen LogP contribution in [-0.4, -0.2) is 32.8 Å². The zero-order valence-corrected chi connectivity index (χ0v) is 42.5. The van der Waals surface area contributed by atoms with Gasteiger partial charge in [0.2, 0.25) is 0 Å². The molecule has 0 aliphatic rings. The van der Waals surface area contributed by atoms with Crippen LogP contribution in [0.2, 0.25) is 17.3 Å². The topological polar surface area (TPSA) is 56.7 Å². The van der Waals surface area contributed by atoms with Gasteiger partial charge in [-0.25, -0.2) is 4.98 Å². The molecule has 0 bridgehead atoms. The Kier molecular flexibility index (Phi) is 10.8. The average Bonchev–Trinajstić information content (AvgIpc) is 4.00. The molecular formula is C56H50GeIrN4OS-2. The molecule has 8 heteroatoms. The van der Waals surface area contributed by atoms with Crippen LogP contribution in [0.3, 0.4) is 0 Å². The maximum absolute atomic E-state index is 7.35.